The molecule has 1 aliphatic heterocycles. The highest BCUT2D eigenvalue weighted by Crippen LogP contribution is 2.29. The lowest BCUT2D eigenvalue weighted by molar-refractivity contribution is -0.239. The average molecular weight is 227 g/mol. The summed E-state index contributed by atoms with van der Waals surface area (Å²) in [6, 6.07) is 7.59. The molecule has 1 aliphatic rings. The zero-order valence-corrected chi connectivity index (χ0v) is 9.70. The summed E-state index contributed by atoms with van der Waals surface area (Å²) >= 11 is 5.83. The summed E-state index contributed by atoms with van der Waals surface area (Å²) in [5, 5.41) is 0.732. The zero-order chi connectivity index (χ0) is 10.8. The highest BCUT2D eigenvalue weighted by molar-refractivity contribution is 6.30. The maximum atomic E-state index is 5.83. The van der Waals surface area contributed by atoms with Crippen molar-refractivity contribution in [1.29, 1.82) is 0 Å². The SMILES string of the molecule is C[C@@H]1C[C@@H](C)OC(c2ccc(Cl)cc2)O1. The fourth-order valence-electron chi connectivity index (χ4n) is 1.81. The number of benzene rings is 1. The van der Waals surface area contributed by atoms with Crippen molar-refractivity contribution < 1.29 is 9.47 Å². The topological polar surface area (TPSA) is 18.5 Å². The van der Waals surface area contributed by atoms with Gasteiger partial charge in [-0.25, -0.2) is 0 Å². The lowest BCUT2D eigenvalue weighted by Gasteiger charge is -2.32. The van der Waals surface area contributed by atoms with Gasteiger partial charge in [-0.1, -0.05) is 23.7 Å². The Labute approximate surface area is 95.1 Å². The van der Waals surface area contributed by atoms with E-state index in [0.29, 0.717) is 0 Å². The molecule has 0 unspecified atom stereocenters. The van der Waals surface area contributed by atoms with Crippen LogP contribution in [0.5, 0.6) is 0 Å². The van der Waals surface area contributed by atoms with Crippen molar-refractivity contribution in [3.8, 4) is 0 Å². The molecule has 15 heavy (non-hydrogen) atoms. The molecule has 0 radical (unpaired) electrons. The predicted molar refractivity (Wildman–Crippen MR) is 59.9 cm³/mol. The number of ether oxygens (including phenoxy) is 2. The molecule has 1 heterocycles. The van der Waals surface area contributed by atoms with E-state index < -0.39 is 0 Å². The van der Waals surface area contributed by atoms with Crippen molar-refractivity contribution in [2.24, 2.45) is 0 Å². The van der Waals surface area contributed by atoms with Crippen LogP contribution in [0.3, 0.4) is 0 Å². The molecular weight excluding hydrogens is 212 g/mol. The third-order valence-electron chi connectivity index (χ3n) is 2.52. The molecule has 0 aliphatic carbocycles. The predicted octanol–water partition coefficient (Wildman–Crippen LogP) is 3.55. The van der Waals surface area contributed by atoms with E-state index in [1.165, 1.54) is 0 Å². The Kier molecular flexibility index (Phi) is 3.29. The fraction of sp³-hybridized carbons (Fsp3) is 0.500. The summed E-state index contributed by atoms with van der Waals surface area (Å²) in [7, 11) is 0. The monoisotopic (exact) mass is 226 g/mol. The van der Waals surface area contributed by atoms with Crippen molar-refractivity contribution in [2.45, 2.75) is 38.8 Å². The highest BCUT2D eigenvalue weighted by Gasteiger charge is 2.25. The molecule has 2 atom stereocenters. The molecule has 0 bridgehead atoms. The minimum absolute atomic E-state index is 0.245. The van der Waals surface area contributed by atoms with Gasteiger partial charge in [0.15, 0.2) is 6.29 Å². The molecule has 2 nitrogen and oxygen atoms in total. The van der Waals surface area contributed by atoms with Crippen molar-refractivity contribution >= 4 is 11.6 Å². The third kappa shape index (κ3) is 2.71. The Morgan fingerprint density at radius 3 is 2.13 bits per heavy atom. The van der Waals surface area contributed by atoms with Gasteiger partial charge in [-0.15, -0.1) is 0 Å². The lowest BCUT2D eigenvalue weighted by Crippen LogP contribution is -2.30. The van der Waals surface area contributed by atoms with Crippen molar-refractivity contribution in [3.63, 3.8) is 0 Å². The Bertz CT molecular complexity index is 313. The number of halogens is 1. The Morgan fingerprint density at radius 2 is 1.60 bits per heavy atom. The van der Waals surface area contributed by atoms with E-state index in [0.717, 1.165) is 17.0 Å². The van der Waals surface area contributed by atoms with Crippen LogP contribution in [0.2, 0.25) is 5.02 Å². The summed E-state index contributed by atoms with van der Waals surface area (Å²) in [5.74, 6) is 0. The molecule has 0 aromatic heterocycles. The summed E-state index contributed by atoms with van der Waals surface area (Å²) in [5.41, 5.74) is 1.03. The Balaban J connectivity index is 2.12. The minimum Gasteiger partial charge on any atom is -0.345 e. The zero-order valence-electron chi connectivity index (χ0n) is 8.94. The van der Waals surface area contributed by atoms with Gasteiger partial charge in [0.1, 0.15) is 0 Å². The molecule has 0 spiro atoms. The van der Waals surface area contributed by atoms with Gasteiger partial charge in [0, 0.05) is 10.6 Å². The number of hydrogen-bond acceptors (Lipinski definition) is 2. The van der Waals surface area contributed by atoms with Crippen molar-refractivity contribution in [1.82, 2.24) is 0 Å². The van der Waals surface area contributed by atoms with Crippen LogP contribution >= 0.6 is 11.6 Å². The van der Waals surface area contributed by atoms with Gasteiger partial charge in [0.25, 0.3) is 0 Å². The first kappa shape index (κ1) is 10.9. The molecule has 2 rings (SSSR count). The van der Waals surface area contributed by atoms with Crippen molar-refractivity contribution in [2.75, 3.05) is 0 Å². The number of rotatable bonds is 1. The first-order valence-electron chi connectivity index (χ1n) is 5.21. The molecule has 0 amide bonds. The van der Waals surface area contributed by atoms with Gasteiger partial charge in [-0.2, -0.15) is 0 Å². The smallest absolute Gasteiger partial charge is 0.184 e. The van der Waals surface area contributed by atoms with E-state index in [1.54, 1.807) is 0 Å². The van der Waals surface area contributed by atoms with Crippen LogP contribution in [0.1, 0.15) is 32.1 Å². The third-order valence-corrected chi connectivity index (χ3v) is 2.77. The van der Waals surface area contributed by atoms with E-state index in [1.807, 2.05) is 24.3 Å². The quantitative estimate of drug-likeness (QED) is 0.729. The Hall–Kier alpha value is -0.570. The van der Waals surface area contributed by atoms with E-state index in [2.05, 4.69) is 13.8 Å². The molecule has 82 valence electrons. The van der Waals surface area contributed by atoms with Gasteiger partial charge < -0.3 is 9.47 Å². The average Bonchev–Trinajstić information content (AvgIpc) is 2.17. The van der Waals surface area contributed by atoms with Gasteiger partial charge in [0.05, 0.1) is 12.2 Å². The van der Waals surface area contributed by atoms with Crippen molar-refractivity contribution in [3.05, 3.63) is 34.9 Å². The maximum Gasteiger partial charge on any atom is 0.184 e. The fourth-order valence-corrected chi connectivity index (χ4v) is 1.94. The molecule has 1 fully saturated rings. The molecule has 3 heteroatoms. The van der Waals surface area contributed by atoms with Crippen LogP contribution in [0.15, 0.2) is 24.3 Å². The van der Waals surface area contributed by atoms with Gasteiger partial charge in [-0.05, 0) is 32.4 Å². The van der Waals surface area contributed by atoms with Gasteiger partial charge >= 0.3 is 0 Å². The largest absolute Gasteiger partial charge is 0.345 e. The summed E-state index contributed by atoms with van der Waals surface area (Å²) in [4.78, 5) is 0. The van der Waals surface area contributed by atoms with E-state index >= 15 is 0 Å². The minimum atomic E-state index is -0.249. The second-order valence-corrected chi connectivity index (χ2v) is 4.45. The van der Waals surface area contributed by atoms with E-state index in [4.69, 9.17) is 21.1 Å². The second-order valence-electron chi connectivity index (χ2n) is 4.01. The molecule has 0 saturated carbocycles. The lowest BCUT2D eigenvalue weighted by atomic mass is 10.1. The maximum absolute atomic E-state index is 5.83. The summed E-state index contributed by atoms with van der Waals surface area (Å²) < 4.78 is 11.4. The van der Waals surface area contributed by atoms with Crippen LogP contribution in [0.25, 0.3) is 0 Å². The highest BCUT2D eigenvalue weighted by atomic mass is 35.5. The first-order chi connectivity index (χ1) is 7.15. The molecular formula is C12H15ClO2. The van der Waals surface area contributed by atoms with Crippen LogP contribution in [-0.2, 0) is 9.47 Å². The molecule has 0 N–H and O–H groups in total. The molecule has 1 aromatic carbocycles. The van der Waals surface area contributed by atoms with Gasteiger partial charge in [0.2, 0.25) is 0 Å². The van der Waals surface area contributed by atoms with Crippen LogP contribution in [-0.4, -0.2) is 12.2 Å². The van der Waals surface area contributed by atoms with Crippen LogP contribution < -0.4 is 0 Å². The summed E-state index contributed by atoms with van der Waals surface area (Å²) in [6.45, 7) is 4.14. The van der Waals surface area contributed by atoms with Crippen LogP contribution in [0.4, 0.5) is 0 Å². The molecule has 1 aromatic rings. The molecule has 1 saturated heterocycles. The normalized spacial score (nSPS) is 31.5. The summed E-state index contributed by atoms with van der Waals surface area (Å²) in [6.07, 6.45) is 1.19. The van der Waals surface area contributed by atoms with E-state index in [9.17, 15) is 0 Å². The number of hydrogen-bond donors (Lipinski definition) is 0. The van der Waals surface area contributed by atoms with Crippen LogP contribution in [0, 0.1) is 0 Å². The van der Waals surface area contributed by atoms with E-state index in [-0.39, 0.29) is 18.5 Å². The first-order valence-corrected chi connectivity index (χ1v) is 5.59. The second kappa shape index (κ2) is 4.52. The van der Waals surface area contributed by atoms with Gasteiger partial charge in [-0.3, -0.25) is 0 Å². The standard InChI is InChI=1S/C12H15ClO2/c1-8-7-9(2)15-12(14-8)10-3-5-11(13)6-4-10/h3-6,8-9,12H,7H2,1-2H3/t8-,9-/m1/s1. The Morgan fingerprint density at radius 1 is 1.07 bits per heavy atom.